The molecular weight excluding hydrogens is 462 g/mol. The van der Waals surface area contributed by atoms with Gasteiger partial charge in [-0.3, -0.25) is 24.1 Å². The van der Waals surface area contributed by atoms with E-state index < -0.39 is 22.7 Å². The molecule has 36 heavy (non-hydrogen) atoms. The number of fused-ring (bicyclic) bond motifs is 1. The van der Waals surface area contributed by atoms with Gasteiger partial charge in [-0.2, -0.15) is 0 Å². The fourth-order valence-corrected chi connectivity index (χ4v) is 4.77. The number of hydrogen-bond donors (Lipinski definition) is 1. The van der Waals surface area contributed by atoms with Crippen LogP contribution in [0.1, 0.15) is 43.3 Å². The first-order chi connectivity index (χ1) is 17.3. The van der Waals surface area contributed by atoms with Gasteiger partial charge in [0.25, 0.3) is 17.4 Å². The minimum atomic E-state index is -0.879. The summed E-state index contributed by atoms with van der Waals surface area (Å²) in [6, 6.07) is 10.2. The third kappa shape index (κ3) is 4.47. The van der Waals surface area contributed by atoms with E-state index in [-0.39, 0.29) is 17.0 Å². The number of hydrogen-bond acceptors (Lipinski definition) is 7. The highest BCUT2D eigenvalue weighted by atomic mass is 16.6. The lowest BCUT2D eigenvalue weighted by Gasteiger charge is -2.26. The standard InChI is InChI=1S/C26H29N5O5/c1-4-28(5-2)14-8-16-30-23(18-10-12-19(13-11-18)31(35)36)21(25(33)26(30)34)24(32)22-17(3)27-20-9-6-7-15-29(20)22/h6-7,9-13,15,23,32H,4-5,8,14,16H2,1-3H3/t23-/m1/s1. The maximum atomic E-state index is 13.3. The normalized spacial score (nSPS) is 17.4. The summed E-state index contributed by atoms with van der Waals surface area (Å²) >= 11 is 0. The molecule has 10 nitrogen and oxygen atoms in total. The number of Topliss-reactive ketones (excluding diaryl/α,β-unsaturated/α-hetero) is 1. The quantitative estimate of drug-likeness (QED) is 0.159. The number of carbonyl (C=O) groups excluding carboxylic acids is 2. The Labute approximate surface area is 208 Å². The fraction of sp³-hybridized carbons (Fsp3) is 0.346. The summed E-state index contributed by atoms with van der Waals surface area (Å²) in [4.78, 5) is 45.3. The van der Waals surface area contributed by atoms with Crippen LogP contribution in [0.15, 0.2) is 54.2 Å². The average molecular weight is 492 g/mol. The molecule has 2 aromatic heterocycles. The number of non-ortho nitro benzene ring substituents is 1. The Bertz CT molecular complexity index is 1340. The highest BCUT2D eigenvalue weighted by Gasteiger charge is 2.46. The number of aromatic nitrogens is 2. The molecule has 1 N–H and O–H groups in total. The van der Waals surface area contributed by atoms with Crippen molar-refractivity contribution in [3.05, 3.63) is 81.3 Å². The Morgan fingerprint density at radius 3 is 2.47 bits per heavy atom. The van der Waals surface area contributed by atoms with Crippen LogP contribution in [0.4, 0.5) is 5.69 Å². The average Bonchev–Trinajstić information content (AvgIpc) is 3.34. The SMILES string of the molecule is CCN(CC)CCCN1C(=O)C(=O)C(=C(O)c2c(C)nc3ccccn23)[C@H]1c1ccc([N+](=O)[O-])cc1. The Hall–Kier alpha value is -4.05. The predicted molar refractivity (Wildman–Crippen MR) is 134 cm³/mol. The molecule has 1 aliphatic heterocycles. The molecule has 1 fully saturated rings. The third-order valence-electron chi connectivity index (χ3n) is 6.66. The number of nitro benzene ring substituents is 1. The van der Waals surface area contributed by atoms with Crippen molar-refractivity contribution in [3.63, 3.8) is 0 Å². The summed E-state index contributed by atoms with van der Waals surface area (Å²) < 4.78 is 1.67. The van der Waals surface area contributed by atoms with Gasteiger partial charge in [0.15, 0.2) is 5.76 Å². The molecule has 0 spiro atoms. The molecule has 188 valence electrons. The zero-order valence-corrected chi connectivity index (χ0v) is 20.5. The Balaban J connectivity index is 1.82. The monoisotopic (exact) mass is 491 g/mol. The Morgan fingerprint density at radius 2 is 1.83 bits per heavy atom. The minimum absolute atomic E-state index is 0.0505. The van der Waals surface area contributed by atoms with Crippen molar-refractivity contribution in [2.45, 2.75) is 33.2 Å². The minimum Gasteiger partial charge on any atom is -0.505 e. The van der Waals surface area contributed by atoms with E-state index in [0.717, 1.165) is 19.6 Å². The zero-order valence-electron chi connectivity index (χ0n) is 20.5. The molecular formula is C26H29N5O5. The van der Waals surface area contributed by atoms with Crippen LogP contribution in [0.3, 0.4) is 0 Å². The largest absolute Gasteiger partial charge is 0.505 e. The van der Waals surface area contributed by atoms with Gasteiger partial charge in [0.1, 0.15) is 11.3 Å². The van der Waals surface area contributed by atoms with Gasteiger partial charge in [-0.1, -0.05) is 19.9 Å². The van der Waals surface area contributed by atoms with Gasteiger partial charge in [0.2, 0.25) is 0 Å². The highest BCUT2D eigenvalue weighted by Crippen LogP contribution is 2.40. The predicted octanol–water partition coefficient (Wildman–Crippen LogP) is 3.70. The highest BCUT2D eigenvalue weighted by molar-refractivity contribution is 6.46. The van der Waals surface area contributed by atoms with Crippen molar-refractivity contribution in [2.24, 2.45) is 0 Å². The van der Waals surface area contributed by atoms with Gasteiger partial charge >= 0.3 is 0 Å². The summed E-state index contributed by atoms with van der Waals surface area (Å²) in [6.45, 7) is 8.63. The van der Waals surface area contributed by atoms with Gasteiger partial charge in [-0.25, -0.2) is 4.98 Å². The molecule has 4 rings (SSSR count). The van der Waals surface area contributed by atoms with Crippen molar-refractivity contribution in [1.82, 2.24) is 19.2 Å². The molecule has 0 bridgehead atoms. The van der Waals surface area contributed by atoms with Crippen LogP contribution in [-0.2, 0) is 9.59 Å². The van der Waals surface area contributed by atoms with E-state index in [1.54, 1.807) is 29.7 Å². The summed E-state index contributed by atoms with van der Waals surface area (Å²) in [5.74, 6) is -1.81. The molecule has 0 aliphatic carbocycles. The van der Waals surface area contributed by atoms with E-state index >= 15 is 0 Å². The number of nitro groups is 1. The second-order valence-corrected chi connectivity index (χ2v) is 8.70. The van der Waals surface area contributed by atoms with E-state index in [4.69, 9.17) is 0 Å². The maximum absolute atomic E-state index is 13.3. The number of amides is 1. The molecule has 1 aliphatic rings. The van der Waals surface area contributed by atoms with Gasteiger partial charge in [0, 0.05) is 24.9 Å². The van der Waals surface area contributed by atoms with Crippen molar-refractivity contribution in [3.8, 4) is 0 Å². The van der Waals surface area contributed by atoms with Crippen LogP contribution in [0.25, 0.3) is 11.4 Å². The maximum Gasteiger partial charge on any atom is 0.295 e. The molecule has 1 amide bonds. The summed E-state index contributed by atoms with van der Waals surface area (Å²) in [7, 11) is 0. The van der Waals surface area contributed by atoms with Crippen molar-refractivity contribution in [1.29, 1.82) is 0 Å². The summed E-state index contributed by atoms with van der Waals surface area (Å²) in [5.41, 5.74) is 1.79. The third-order valence-corrected chi connectivity index (χ3v) is 6.66. The fourth-order valence-electron chi connectivity index (χ4n) is 4.77. The molecule has 1 saturated heterocycles. The number of aryl methyl sites for hydroxylation is 1. The molecule has 1 aromatic carbocycles. The first-order valence-corrected chi connectivity index (χ1v) is 12.0. The lowest BCUT2D eigenvalue weighted by Crippen LogP contribution is -2.33. The number of nitrogens with zero attached hydrogens (tertiary/aromatic N) is 5. The van der Waals surface area contributed by atoms with Crippen LogP contribution >= 0.6 is 0 Å². The van der Waals surface area contributed by atoms with E-state index in [1.165, 1.54) is 29.2 Å². The number of imidazole rings is 1. The molecule has 3 aromatic rings. The van der Waals surface area contributed by atoms with Gasteiger partial charge in [0.05, 0.1) is 22.2 Å². The van der Waals surface area contributed by atoms with E-state index in [1.807, 2.05) is 6.07 Å². The Morgan fingerprint density at radius 1 is 1.14 bits per heavy atom. The van der Waals surface area contributed by atoms with Crippen molar-refractivity contribution < 1.29 is 19.6 Å². The second-order valence-electron chi connectivity index (χ2n) is 8.70. The molecule has 0 radical (unpaired) electrons. The zero-order chi connectivity index (χ0) is 26.0. The van der Waals surface area contributed by atoms with Crippen LogP contribution in [0.2, 0.25) is 0 Å². The lowest BCUT2D eigenvalue weighted by molar-refractivity contribution is -0.384. The van der Waals surface area contributed by atoms with E-state index in [2.05, 4.69) is 23.7 Å². The first-order valence-electron chi connectivity index (χ1n) is 12.0. The van der Waals surface area contributed by atoms with E-state index in [0.29, 0.717) is 35.6 Å². The number of aliphatic hydroxyl groups is 1. The molecule has 0 saturated carbocycles. The van der Waals surface area contributed by atoms with Crippen molar-refractivity contribution in [2.75, 3.05) is 26.2 Å². The lowest BCUT2D eigenvalue weighted by atomic mass is 9.96. The van der Waals surface area contributed by atoms with Crippen LogP contribution in [-0.4, -0.2) is 67.1 Å². The van der Waals surface area contributed by atoms with Crippen LogP contribution in [0, 0.1) is 17.0 Å². The number of pyridine rings is 1. The number of rotatable bonds is 9. The molecule has 1 atom stereocenters. The number of carbonyl (C=O) groups is 2. The topological polar surface area (TPSA) is 121 Å². The summed E-state index contributed by atoms with van der Waals surface area (Å²) in [6.07, 6.45) is 2.36. The Kier molecular flexibility index (Phi) is 7.16. The second kappa shape index (κ2) is 10.3. The molecule has 3 heterocycles. The number of ketones is 1. The van der Waals surface area contributed by atoms with Gasteiger partial charge in [-0.05, 0) is 62.8 Å². The van der Waals surface area contributed by atoms with Crippen LogP contribution < -0.4 is 0 Å². The summed E-state index contributed by atoms with van der Waals surface area (Å²) in [5, 5.41) is 22.6. The first kappa shape index (κ1) is 25.1. The van der Waals surface area contributed by atoms with Gasteiger partial charge in [-0.15, -0.1) is 0 Å². The number of likely N-dealkylation sites (tertiary alicyclic amines) is 1. The smallest absolute Gasteiger partial charge is 0.295 e. The molecule has 10 heteroatoms. The van der Waals surface area contributed by atoms with Gasteiger partial charge < -0.3 is 14.9 Å². The number of aliphatic hydroxyl groups excluding tert-OH is 1. The molecule has 0 unspecified atom stereocenters. The van der Waals surface area contributed by atoms with Crippen molar-refractivity contribution >= 4 is 28.8 Å². The van der Waals surface area contributed by atoms with Crippen LogP contribution in [0.5, 0.6) is 0 Å². The van der Waals surface area contributed by atoms with E-state index in [9.17, 15) is 24.8 Å². The number of benzene rings is 1.